The minimum absolute atomic E-state index is 0. The number of hydrogen-bond acceptors (Lipinski definition) is 4. The molecule has 1 saturated heterocycles. The van der Waals surface area contributed by atoms with Crippen LogP contribution < -0.4 is 5.32 Å². The topological polar surface area (TPSA) is 46.0 Å². The van der Waals surface area contributed by atoms with E-state index in [0.29, 0.717) is 6.04 Å². The lowest BCUT2D eigenvalue weighted by atomic mass is 10.1. The normalized spacial score (nSPS) is 18.1. The maximum atomic E-state index is 4.71. The van der Waals surface area contributed by atoms with Crippen LogP contribution in [-0.4, -0.2) is 45.8 Å². The second-order valence-electron chi connectivity index (χ2n) is 6.07. The molecule has 126 valence electrons. The van der Waals surface area contributed by atoms with Gasteiger partial charge in [-0.2, -0.15) is 5.10 Å². The second-order valence-corrected chi connectivity index (χ2v) is 6.07. The number of pyridine rings is 1. The fourth-order valence-electron chi connectivity index (χ4n) is 3.38. The Labute approximate surface area is 144 Å². The van der Waals surface area contributed by atoms with Gasteiger partial charge < -0.3 is 5.32 Å². The van der Waals surface area contributed by atoms with Crippen molar-refractivity contribution in [2.45, 2.75) is 39.3 Å². The average Bonchev–Trinajstić information content (AvgIpc) is 3.08. The van der Waals surface area contributed by atoms with Crippen molar-refractivity contribution in [3.63, 3.8) is 0 Å². The van der Waals surface area contributed by atoms with Crippen LogP contribution in [0.5, 0.6) is 0 Å². The van der Waals surface area contributed by atoms with E-state index in [2.05, 4.69) is 29.0 Å². The molecule has 0 aromatic carbocycles. The quantitative estimate of drug-likeness (QED) is 0.912. The summed E-state index contributed by atoms with van der Waals surface area (Å²) in [6, 6.07) is 6.58. The summed E-state index contributed by atoms with van der Waals surface area (Å²) < 4.78 is 1.97. The maximum Gasteiger partial charge on any atom is 0.153 e. The Hall–Kier alpha value is -1.43. The Bertz CT molecular complexity index is 625. The van der Waals surface area contributed by atoms with Crippen LogP contribution in [0.4, 0.5) is 0 Å². The van der Waals surface area contributed by atoms with Gasteiger partial charge in [0.1, 0.15) is 0 Å². The molecular weight excluding hydrogens is 310 g/mol. The van der Waals surface area contributed by atoms with E-state index in [1.165, 1.54) is 30.6 Å². The van der Waals surface area contributed by atoms with Gasteiger partial charge in [0.2, 0.25) is 0 Å². The molecule has 1 N–H and O–H groups in total. The molecule has 1 atom stereocenters. The number of nitrogens with zero attached hydrogens (tertiary/aromatic N) is 4. The first-order chi connectivity index (χ1) is 10.7. The van der Waals surface area contributed by atoms with Crippen LogP contribution in [0.15, 0.2) is 24.4 Å². The second kappa shape index (κ2) is 7.90. The first-order valence-electron chi connectivity index (χ1n) is 8.06. The van der Waals surface area contributed by atoms with Gasteiger partial charge in [0.15, 0.2) is 5.82 Å². The van der Waals surface area contributed by atoms with Crippen LogP contribution in [0.3, 0.4) is 0 Å². The van der Waals surface area contributed by atoms with Crippen LogP contribution >= 0.6 is 12.4 Å². The van der Waals surface area contributed by atoms with E-state index in [-0.39, 0.29) is 12.4 Å². The largest absolute Gasteiger partial charge is 0.318 e. The van der Waals surface area contributed by atoms with Crippen molar-refractivity contribution in [2.75, 3.05) is 20.1 Å². The highest BCUT2D eigenvalue weighted by molar-refractivity contribution is 5.85. The molecule has 3 heterocycles. The zero-order valence-corrected chi connectivity index (χ0v) is 14.9. The lowest BCUT2D eigenvalue weighted by Gasteiger charge is -2.24. The monoisotopic (exact) mass is 335 g/mol. The van der Waals surface area contributed by atoms with Gasteiger partial charge in [-0.1, -0.05) is 6.07 Å². The Morgan fingerprint density at radius 1 is 1.30 bits per heavy atom. The van der Waals surface area contributed by atoms with Crippen molar-refractivity contribution in [2.24, 2.45) is 0 Å². The van der Waals surface area contributed by atoms with E-state index in [4.69, 9.17) is 5.10 Å². The van der Waals surface area contributed by atoms with Gasteiger partial charge in [-0.15, -0.1) is 12.4 Å². The number of rotatable bonds is 5. The third-order valence-electron chi connectivity index (χ3n) is 4.61. The molecule has 1 aliphatic rings. The fraction of sp³-hybridized carbons (Fsp3) is 0.529. The summed E-state index contributed by atoms with van der Waals surface area (Å²) in [6.45, 7) is 7.47. The molecule has 0 bridgehead atoms. The highest BCUT2D eigenvalue weighted by Gasteiger charge is 2.26. The Morgan fingerprint density at radius 3 is 2.83 bits per heavy atom. The number of likely N-dealkylation sites (tertiary alicyclic amines) is 1. The third-order valence-corrected chi connectivity index (χ3v) is 4.61. The Kier molecular flexibility index (Phi) is 6.16. The molecule has 0 saturated carbocycles. The van der Waals surface area contributed by atoms with Crippen molar-refractivity contribution in [3.8, 4) is 5.82 Å². The van der Waals surface area contributed by atoms with Gasteiger partial charge in [0.25, 0.3) is 0 Å². The molecule has 0 spiro atoms. The molecule has 23 heavy (non-hydrogen) atoms. The Morgan fingerprint density at radius 2 is 2.13 bits per heavy atom. The highest BCUT2D eigenvalue weighted by atomic mass is 35.5. The van der Waals surface area contributed by atoms with Gasteiger partial charge in [0, 0.05) is 36.6 Å². The lowest BCUT2D eigenvalue weighted by Crippen LogP contribution is -2.36. The van der Waals surface area contributed by atoms with E-state index < -0.39 is 0 Å². The zero-order chi connectivity index (χ0) is 15.5. The van der Waals surface area contributed by atoms with Gasteiger partial charge in [-0.05, 0) is 52.4 Å². The summed E-state index contributed by atoms with van der Waals surface area (Å²) in [4.78, 5) is 7.00. The molecule has 2 aromatic heterocycles. The average molecular weight is 336 g/mol. The number of aromatic nitrogens is 3. The molecular formula is C17H26ClN5. The SMILES string of the molecule is CNCC1CCCN1Cc1c(C)nn(-c2ccccn2)c1C.Cl. The molecule has 3 rings (SSSR count). The summed E-state index contributed by atoms with van der Waals surface area (Å²) in [5, 5.41) is 8.02. The van der Waals surface area contributed by atoms with E-state index in [1.54, 1.807) is 0 Å². The van der Waals surface area contributed by atoms with Crippen LogP contribution in [0.25, 0.3) is 5.82 Å². The number of hydrogen-bond donors (Lipinski definition) is 1. The van der Waals surface area contributed by atoms with Crippen molar-refractivity contribution in [1.82, 2.24) is 25.0 Å². The predicted molar refractivity (Wildman–Crippen MR) is 95.4 cm³/mol. The van der Waals surface area contributed by atoms with Gasteiger partial charge >= 0.3 is 0 Å². The first kappa shape index (κ1) is 17.9. The maximum absolute atomic E-state index is 4.71. The minimum atomic E-state index is 0. The van der Waals surface area contributed by atoms with Crippen LogP contribution in [0.1, 0.15) is 29.8 Å². The number of aryl methyl sites for hydroxylation is 1. The summed E-state index contributed by atoms with van der Waals surface area (Å²) in [5.41, 5.74) is 3.65. The molecule has 1 fully saturated rings. The first-order valence-corrected chi connectivity index (χ1v) is 8.06. The van der Waals surface area contributed by atoms with E-state index in [0.717, 1.165) is 24.6 Å². The summed E-state index contributed by atoms with van der Waals surface area (Å²) >= 11 is 0. The highest BCUT2D eigenvalue weighted by Crippen LogP contribution is 2.24. The Balaban J connectivity index is 0.00000192. The van der Waals surface area contributed by atoms with E-state index >= 15 is 0 Å². The lowest BCUT2D eigenvalue weighted by molar-refractivity contribution is 0.241. The van der Waals surface area contributed by atoms with Crippen molar-refractivity contribution < 1.29 is 0 Å². The van der Waals surface area contributed by atoms with E-state index in [9.17, 15) is 0 Å². The molecule has 5 nitrogen and oxygen atoms in total. The molecule has 0 radical (unpaired) electrons. The fourth-order valence-corrected chi connectivity index (χ4v) is 3.38. The van der Waals surface area contributed by atoms with E-state index in [1.807, 2.05) is 36.1 Å². The summed E-state index contributed by atoms with van der Waals surface area (Å²) in [7, 11) is 2.03. The number of halogens is 1. The number of likely N-dealkylation sites (N-methyl/N-ethyl adjacent to an activating group) is 1. The van der Waals surface area contributed by atoms with Crippen LogP contribution in [0.2, 0.25) is 0 Å². The van der Waals surface area contributed by atoms with Crippen molar-refractivity contribution >= 4 is 12.4 Å². The zero-order valence-electron chi connectivity index (χ0n) is 14.1. The molecule has 2 aromatic rings. The van der Waals surface area contributed by atoms with Gasteiger partial charge in [-0.25, -0.2) is 9.67 Å². The summed E-state index contributed by atoms with van der Waals surface area (Å²) in [5.74, 6) is 0.891. The summed E-state index contributed by atoms with van der Waals surface area (Å²) in [6.07, 6.45) is 4.39. The standard InChI is InChI=1S/C17H25N5.ClH/c1-13-16(12-21-10-6-7-15(21)11-18-3)14(2)22(20-13)17-8-4-5-9-19-17;/h4-5,8-9,15,18H,6-7,10-12H2,1-3H3;1H. The van der Waals surface area contributed by atoms with Gasteiger partial charge in [-0.3, -0.25) is 4.90 Å². The molecule has 1 unspecified atom stereocenters. The third kappa shape index (κ3) is 3.74. The molecule has 0 amide bonds. The van der Waals surface area contributed by atoms with Crippen LogP contribution in [-0.2, 0) is 6.54 Å². The van der Waals surface area contributed by atoms with Crippen molar-refractivity contribution in [1.29, 1.82) is 0 Å². The smallest absolute Gasteiger partial charge is 0.153 e. The van der Waals surface area contributed by atoms with Crippen LogP contribution in [0, 0.1) is 13.8 Å². The van der Waals surface area contributed by atoms with Crippen molar-refractivity contribution in [3.05, 3.63) is 41.3 Å². The number of nitrogens with one attached hydrogen (secondary N) is 1. The van der Waals surface area contributed by atoms with Gasteiger partial charge in [0.05, 0.1) is 5.69 Å². The molecule has 1 aliphatic heterocycles. The molecule has 6 heteroatoms. The predicted octanol–water partition coefficient (Wildman–Crippen LogP) is 2.49. The molecule has 0 aliphatic carbocycles. The minimum Gasteiger partial charge on any atom is -0.318 e.